The molecule has 0 fully saturated rings. The van der Waals surface area contributed by atoms with Crippen molar-refractivity contribution in [2.45, 2.75) is 12.5 Å². The molecule has 100 valence electrons. The van der Waals surface area contributed by atoms with Gasteiger partial charge in [0.15, 0.2) is 0 Å². The summed E-state index contributed by atoms with van der Waals surface area (Å²) in [6.07, 6.45) is 2.18. The monoisotopic (exact) mass is 299 g/mol. The Bertz CT molecular complexity index is 578. The molecule has 0 saturated carbocycles. The molecule has 1 aromatic heterocycles. The van der Waals surface area contributed by atoms with Crippen LogP contribution in [0.3, 0.4) is 0 Å². The van der Waals surface area contributed by atoms with Gasteiger partial charge in [0.1, 0.15) is 11.0 Å². The van der Waals surface area contributed by atoms with Crippen molar-refractivity contribution >= 4 is 23.2 Å². The first-order valence-electron chi connectivity index (χ1n) is 5.61. The van der Waals surface area contributed by atoms with Gasteiger partial charge in [0.25, 0.3) is 0 Å². The van der Waals surface area contributed by atoms with Crippen LogP contribution in [0.5, 0.6) is 0 Å². The molecule has 6 heteroatoms. The Labute approximate surface area is 120 Å². The van der Waals surface area contributed by atoms with Gasteiger partial charge in [-0.25, -0.2) is 9.37 Å². The van der Waals surface area contributed by atoms with Crippen LogP contribution in [-0.4, -0.2) is 4.98 Å². The number of pyridine rings is 1. The average molecular weight is 300 g/mol. The number of hydrazine groups is 1. The summed E-state index contributed by atoms with van der Waals surface area (Å²) in [6.45, 7) is 0. The highest BCUT2D eigenvalue weighted by atomic mass is 35.5. The number of benzene rings is 1. The second-order valence-electron chi connectivity index (χ2n) is 4.08. The zero-order chi connectivity index (χ0) is 13.8. The van der Waals surface area contributed by atoms with E-state index in [0.717, 1.165) is 11.1 Å². The summed E-state index contributed by atoms with van der Waals surface area (Å²) in [5, 5.41) is 0.496. The zero-order valence-corrected chi connectivity index (χ0v) is 11.4. The molecular weight excluding hydrogens is 288 g/mol. The molecule has 0 radical (unpaired) electrons. The Kier molecular flexibility index (Phi) is 4.71. The third-order valence-electron chi connectivity index (χ3n) is 2.78. The van der Waals surface area contributed by atoms with Crippen LogP contribution in [0.15, 0.2) is 36.5 Å². The maximum Gasteiger partial charge on any atom is 0.141 e. The van der Waals surface area contributed by atoms with Crippen molar-refractivity contribution in [3.63, 3.8) is 0 Å². The van der Waals surface area contributed by atoms with Gasteiger partial charge < -0.3 is 0 Å². The third kappa shape index (κ3) is 3.64. The van der Waals surface area contributed by atoms with Gasteiger partial charge in [-0.05, 0) is 41.8 Å². The van der Waals surface area contributed by atoms with Crippen molar-refractivity contribution < 1.29 is 4.39 Å². The second-order valence-corrected chi connectivity index (χ2v) is 4.88. The normalized spacial score (nSPS) is 12.4. The van der Waals surface area contributed by atoms with Crippen LogP contribution >= 0.6 is 23.2 Å². The molecular formula is C13H12Cl2FN3. The maximum absolute atomic E-state index is 13.1. The lowest BCUT2D eigenvalue weighted by Crippen LogP contribution is -2.29. The third-order valence-corrected chi connectivity index (χ3v) is 3.27. The van der Waals surface area contributed by atoms with Gasteiger partial charge in [0.2, 0.25) is 0 Å². The van der Waals surface area contributed by atoms with Crippen molar-refractivity contribution in [2.75, 3.05) is 0 Å². The van der Waals surface area contributed by atoms with Crippen LogP contribution < -0.4 is 11.3 Å². The predicted octanol–water partition coefficient (Wildman–Crippen LogP) is 3.27. The summed E-state index contributed by atoms with van der Waals surface area (Å²) in [6, 6.07) is 8.00. The van der Waals surface area contributed by atoms with Crippen molar-refractivity contribution in [1.82, 2.24) is 10.4 Å². The molecule has 1 heterocycles. The minimum absolute atomic E-state index is 0.0982. The molecule has 0 aliphatic rings. The standard InChI is InChI=1S/C13H12Cl2FN3/c14-10-5-8(1-2-11(10)16)6-12(19-17)9-3-4-18-13(15)7-9/h1-5,7,12,19H,6,17H2. The van der Waals surface area contributed by atoms with Crippen LogP contribution in [0.25, 0.3) is 0 Å². The highest BCUT2D eigenvalue weighted by molar-refractivity contribution is 6.30. The minimum Gasteiger partial charge on any atom is -0.271 e. The van der Waals surface area contributed by atoms with Gasteiger partial charge in [-0.1, -0.05) is 29.3 Å². The molecule has 19 heavy (non-hydrogen) atoms. The number of nitrogens with one attached hydrogen (secondary N) is 1. The molecule has 0 bridgehead atoms. The molecule has 3 N–H and O–H groups in total. The molecule has 1 unspecified atom stereocenters. The fraction of sp³-hybridized carbons (Fsp3) is 0.154. The van der Waals surface area contributed by atoms with Crippen molar-refractivity contribution in [3.8, 4) is 0 Å². The molecule has 1 atom stereocenters. The van der Waals surface area contributed by atoms with E-state index in [9.17, 15) is 4.39 Å². The van der Waals surface area contributed by atoms with E-state index in [1.54, 1.807) is 24.4 Å². The highest BCUT2D eigenvalue weighted by Crippen LogP contribution is 2.22. The molecule has 0 aliphatic carbocycles. The number of nitrogens with two attached hydrogens (primary N) is 1. The lowest BCUT2D eigenvalue weighted by atomic mass is 10.0. The van der Waals surface area contributed by atoms with Gasteiger partial charge in [-0.15, -0.1) is 0 Å². The van der Waals surface area contributed by atoms with Crippen LogP contribution in [-0.2, 0) is 6.42 Å². The second kappa shape index (κ2) is 6.30. The summed E-state index contributed by atoms with van der Waals surface area (Å²) in [7, 11) is 0. The van der Waals surface area contributed by atoms with Crippen molar-refractivity contribution in [1.29, 1.82) is 0 Å². The lowest BCUT2D eigenvalue weighted by Gasteiger charge is -2.16. The van der Waals surface area contributed by atoms with E-state index >= 15 is 0 Å². The SMILES string of the molecule is NNC(Cc1ccc(F)c(Cl)c1)c1ccnc(Cl)c1. The molecule has 2 aromatic rings. The van der Waals surface area contributed by atoms with E-state index in [2.05, 4.69) is 10.4 Å². The first-order valence-corrected chi connectivity index (χ1v) is 6.37. The smallest absolute Gasteiger partial charge is 0.141 e. The van der Waals surface area contributed by atoms with Gasteiger partial charge in [0.05, 0.1) is 11.1 Å². The largest absolute Gasteiger partial charge is 0.271 e. The van der Waals surface area contributed by atoms with E-state index in [-0.39, 0.29) is 11.1 Å². The van der Waals surface area contributed by atoms with E-state index in [1.807, 2.05) is 6.07 Å². The fourth-order valence-electron chi connectivity index (χ4n) is 1.81. The topological polar surface area (TPSA) is 50.9 Å². The molecule has 0 spiro atoms. The first-order chi connectivity index (χ1) is 9.10. The minimum atomic E-state index is -0.436. The molecule has 0 saturated heterocycles. The van der Waals surface area contributed by atoms with Crippen LogP contribution in [0.2, 0.25) is 10.2 Å². The number of nitrogens with zero attached hydrogens (tertiary/aromatic N) is 1. The number of aromatic nitrogens is 1. The summed E-state index contributed by atoms with van der Waals surface area (Å²) in [5.74, 6) is 5.11. The fourth-order valence-corrected chi connectivity index (χ4v) is 2.19. The van der Waals surface area contributed by atoms with E-state index < -0.39 is 5.82 Å². The Hall–Kier alpha value is -1.20. The van der Waals surface area contributed by atoms with E-state index in [4.69, 9.17) is 29.0 Å². The Morgan fingerprint density at radius 3 is 2.68 bits per heavy atom. The summed E-state index contributed by atoms with van der Waals surface area (Å²) in [4.78, 5) is 3.92. The molecule has 1 aromatic carbocycles. The lowest BCUT2D eigenvalue weighted by molar-refractivity contribution is 0.550. The van der Waals surface area contributed by atoms with Gasteiger partial charge in [-0.3, -0.25) is 11.3 Å². The van der Waals surface area contributed by atoms with Crippen molar-refractivity contribution in [2.24, 2.45) is 5.84 Å². The van der Waals surface area contributed by atoms with Gasteiger partial charge >= 0.3 is 0 Å². The van der Waals surface area contributed by atoms with Crippen molar-refractivity contribution in [3.05, 3.63) is 63.6 Å². The first kappa shape index (κ1) is 14.2. The number of rotatable bonds is 4. The molecule has 3 nitrogen and oxygen atoms in total. The maximum atomic E-state index is 13.1. The highest BCUT2D eigenvalue weighted by Gasteiger charge is 2.12. The Morgan fingerprint density at radius 1 is 1.26 bits per heavy atom. The Balaban J connectivity index is 2.21. The summed E-state index contributed by atoms with van der Waals surface area (Å²) in [5.41, 5.74) is 4.49. The van der Waals surface area contributed by atoms with Crippen LogP contribution in [0, 0.1) is 5.82 Å². The molecule has 2 rings (SSSR count). The van der Waals surface area contributed by atoms with E-state index in [0.29, 0.717) is 11.6 Å². The van der Waals surface area contributed by atoms with Gasteiger partial charge in [-0.2, -0.15) is 0 Å². The summed E-state index contributed by atoms with van der Waals surface area (Å²) < 4.78 is 13.1. The average Bonchev–Trinajstić information content (AvgIpc) is 2.40. The van der Waals surface area contributed by atoms with Gasteiger partial charge in [0, 0.05) is 6.20 Å². The Morgan fingerprint density at radius 2 is 2.05 bits per heavy atom. The van der Waals surface area contributed by atoms with Crippen LogP contribution in [0.4, 0.5) is 4.39 Å². The van der Waals surface area contributed by atoms with Crippen LogP contribution in [0.1, 0.15) is 17.2 Å². The number of hydrogen-bond acceptors (Lipinski definition) is 3. The quantitative estimate of drug-likeness (QED) is 0.517. The molecule has 0 amide bonds. The zero-order valence-electron chi connectivity index (χ0n) is 9.91. The predicted molar refractivity (Wildman–Crippen MR) is 74.4 cm³/mol. The summed E-state index contributed by atoms with van der Waals surface area (Å²) >= 11 is 11.6. The number of halogens is 3. The molecule has 0 aliphatic heterocycles. The number of hydrogen-bond donors (Lipinski definition) is 2. The van der Waals surface area contributed by atoms with E-state index in [1.165, 1.54) is 6.07 Å².